The minimum absolute atomic E-state index is 0.342. The van der Waals surface area contributed by atoms with Gasteiger partial charge in [-0.3, -0.25) is 4.90 Å². The Morgan fingerprint density at radius 2 is 1.81 bits per heavy atom. The molecule has 0 aromatic carbocycles. The summed E-state index contributed by atoms with van der Waals surface area (Å²) in [7, 11) is 0. The van der Waals surface area contributed by atoms with E-state index >= 15 is 0 Å². The maximum absolute atomic E-state index is 5.72. The molecule has 1 saturated carbocycles. The number of hydrogen-bond donors (Lipinski definition) is 1. The first-order valence-corrected chi connectivity index (χ1v) is 6.95. The van der Waals surface area contributed by atoms with Crippen molar-refractivity contribution < 1.29 is 0 Å². The fourth-order valence-corrected chi connectivity index (χ4v) is 2.63. The molecule has 1 aliphatic carbocycles. The van der Waals surface area contributed by atoms with Gasteiger partial charge in [0.25, 0.3) is 0 Å². The first-order valence-electron chi connectivity index (χ1n) is 6.54. The molecule has 0 amide bonds. The van der Waals surface area contributed by atoms with E-state index < -0.39 is 0 Å². The molecule has 1 aliphatic rings. The molecule has 2 nitrogen and oxygen atoms in total. The third-order valence-electron chi connectivity index (χ3n) is 3.43. The van der Waals surface area contributed by atoms with Crippen molar-refractivity contribution in [3.63, 3.8) is 0 Å². The van der Waals surface area contributed by atoms with Crippen molar-refractivity contribution in [3.8, 4) is 0 Å². The summed E-state index contributed by atoms with van der Waals surface area (Å²) in [6.45, 7) is 8.93. The zero-order chi connectivity index (χ0) is 12.1. The van der Waals surface area contributed by atoms with Crippen LogP contribution in [0, 0.1) is 11.8 Å². The van der Waals surface area contributed by atoms with E-state index in [1.807, 2.05) is 0 Å². The van der Waals surface area contributed by atoms with E-state index in [9.17, 15) is 0 Å². The first kappa shape index (κ1) is 13.9. The summed E-state index contributed by atoms with van der Waals surface area (Å²) in [5.74, 6) is 1.06. The highest BCUT2D eigenvalue weighted by atomic mass is 32.1. The van der Waals surface area contributed by atoms with E-state index in [0.717, 1.165) is 18.5 Å². The molecule has 94 valence electrons. The van der Waals surface area contributed by atoms with Crippen LogP contribution in [0.2, 0.25) is 0 Å². The SMILES string of the molecule is CC(C)CN(CC(C)C(N)=S)C1CCCC1. The summed E-state index contributed by atoms with van der Waals surface area (Å²) in [5.41, 5.74) is 5.72. The van der Waals surface area contributed by atoms with Crippen LogP contribution < -0.4 is 5.73 Å². The van der Waals surface area contributed by atoms with Crippen LogP contribution in [0.25, 0.3) is 0 Å². The predicted octanol–water partition coefficient (Wildman–Crippen LogP) is 2.81. The molecule has 0 aliphatic heterocycles. The molecule has 2 N–H and O–H groups in total. The number of rotatable bonds is 6. The molecule has 0 spiro atoms. The van der Waals surface area contributed by atoms with Gasteiger partial charge in [-0.05, 0) is 18.8 Å². The summed E-state index contributed by atoms with van der Waals surface area (Å²) in [5, 5.41) is 0. The lowest BCUT2D eigenvalue weighted by Gasteiger charge is -2.32. The van der Waals surface area contributed by atoms with Crippen LogP contribution in [0.1, 0.15) is 46.5 Å². The van der Waals surface area contributed by atoms with Gasteiger partial charge in [0.1, 0.15) is 0 Å². The maximum Gasteiger partial charge on any atom is 0.0768 e. The normalized spacial score (nSPS) is 19.6. The van der Waals surface area contributed by atoms with Gasteiger partial charge in [-0.15, -0.1) is 0 Å². The van der Waals surface area contributed by atoms with E-state index in [4.69, 9.17) is 18.0 Å². The Morgan fingerprint density at radius 1 is 1.25 bits per heavy atom. The lowest BCUT2D eigenvalue weighted by atomic mass is 10.1. The topological polar surface area (TPSA) is 29.3 Å². The molecule has 1 atom stereocenters. The molecule has 16 heavy (non-hydrogen) atoms. The van der Waals surface area contributed by atoms with Crippen LogP contribution in [0.15, 0.2) is 0 Å². The fourth-order valence-electron chi connectivity index (χ4n) is 2.55. The van der Waals surface area contributed by atoms with Gasteiger partial charge in [0.15, 0.2) is 0 Å². The third kappa shape index (κ3) is 4.38. The molecule has 0 saturated heterocycles. The number of nitrogens with two attached hydrogens (primary N) is 1. The summed E-state index contributed by atoms with van der Waals surface area (Å²) in [6.07, 6.45) is 5.50. The summed E-state index contributed by atoms with van der Waals surface area (Å²) in [6, 6.07) is 0.777. The van der Waals surface area contributed by atoms with Gasteiger partial charge in [-0.25, -0.2) is 0 Å². The standard InChI is InChI=1S/C13H26N2S/c1-10(2)8-15(9-11(3)13(14)16)12-6-4-5-7-12/h10-12H,4-9H2,1-3H3,(H2,14,16). The zero-order valence-electron chi connectivity index (χ0n) is 10.9. The Morgan fingerprint density at radius 3 is 2.25 bits per heavy atom. The summed E-state index contributed by atoms with van der Waals surface area (Å²) >= 11 is 5.08. The number of nitrogens with zero attached hydrogens (tertiary/aromatic N) is 1. The van der Waals surface area contributed by atoms with Gasteiger partial charge in [-0.1, -0.05) is 45.8 Å². The van der Waals surface area contributed by atoms with Crippen molar-refractivity contribution in [2.75, 3.05) is 13.1 Å². The van der Waals surface area contributed by atoms with Crippen LogP contribution in [-0.2, 0) is 0 Å². The van der Waals surface area contributed by atoms with E-state index in [1.165, 1.54) is 32.2 Å². The Kier molecular flexibility index (Phi) is 5.70. The fraction of sp³-hybridized carbons (Fsp3) is 0.923. The summed E-state index contributed by atoms with van der Waals surface area (Å²) < 4.78 is 0. The second kappa shape index (κ2) is 6.55. The van der Waals surface area contributed by atoms with Gasteiger partial charge in [0.05, 0.1) is 4.99 Å². The third-order valence-corrected chi connectivity index (χ3v) is 3.84. The minimum atomic E-state index is 0.342. The molecule has 1 unspecified atom stereocenters. The van der Waals surface area contributed by atoms with Crippen molar-refractivity contribution in [2.45, 2.75) is 52.5 Å². The monoisotopic (exact) mass is 242 g/mol. The molecule has 0 aromatic heterocycles. The van der Waals surface area contributed by atoms with Crippen molar-refractivity contribution in [1.29, 1.82) is 0 Å². The number of thiocarbonyl (C=S) groups is 1. The molecule has 0 heterocycles. The van der Waals surface area contributed by atoms with Gasteiger partial charge in [0.2, 0.25) is 0 Å². The molecule has 0 radical (unpaired) electrons. The van der Waals surface area contributed by atoms with E-state index in [1.54, 1.807) is 0 Å². The quantitative estimate of drug-likeness (QED) is 0.726. The molecule has 0 bridgehead atoms. The Bertz CT molecular complexity index is 222. The van der Waals surface area contributed by atoms with Crippen LogP contribution in [0.4, 0.5) is 0 Å². The molecular weight excluding hydrogens is 216 g/mol. The van der Waals surface area contributed by atoms with Gasteiger partial charge in [-0.2, -0.15) is 0 Å². The van der Waals surface area contributed by atoms with Gasteiger partial charge >= 0.3 is 0 Å². The Labute approximate surface area is 106 Å². The molecule has 0 aromatic rings. The van der Waals surface area contributed by atoms with E-state index in [-0.39, 0.29) is 0 Å². The van der Waals surface area contributed by atoms with Crippen molar-refractivity contribution in [2.24, 2.45) is 17.6 Å². The summed E-state index contributed by atoms with van der Waals surface area (Å²) in [4.78, 5) is 3.27. The first-order chi connectivity index (χ1) is 7.50. The average molecular weight is 242 g/mol. The van der Waals surface area contributed by atoms with E-state index in [0.29, 0.717) is 10.9 Å². The predicted molar refractivity (Wildman–Crippen MR) is 74.6 cm³/mol. The lowest BCUT2D eigenvalue weighted by Crippen LogP contribution is -2.41. The lowest BCUT2D eigenvalue weighted by molar-refractivity contribution is 0.167. The highest BCUT2D eigenvalue weighted by Crippen LogP contribution is 2.25. The van der Waals surface area contributed by atoms with Crippen LogP contribution in [-0.4, -0.2) is 29.0 Å². The number of hydrogen-bond acceptors (Lipinski definition) is 2. The molecule has 1 rings (SSSR count). The zero-order valence-corrected chi connectivity index (χ0v) is 11.7. The smallest absolute Gasteiger partial charge is 0.0768 e. The molecule has 1 fully saturated rings. The van der Waals surface area contributed by atoms with E-state index in [2.05, 4.69) is 25.7 Å². The van der Waals surface area contributed by atoms with Gasteiger partial charge < -0.3 is 5.73 Å². The van der Waals surface area contributed by atoms with Gasteiger partial charge in [0, 0.05) is 25.0 Å². The average Bonchev–Trinajstić information content (AvgIpc) is 2.68. The Hall–Kier alpha value is -0.150. The van der Waals surface area contributed by atoms with Crippen LogP contribution in [0.3, 0.4) is 0 Å². The van der Waals surface area contributed by atoms with Crippen LogP contribution >= 0.6 is 12.2 Å². The van der Waals surface area contributed by atoms with Crippen LogP contribution in [0.5, 0.6) is 0 Å². The van der Waals surface area contributed by atoms with Crippen molar-refractivity contribution in [1.82, 2.24) is 4.90 Å². The second-order valence-corrected chi connectivity index (χ2v) is 6.06. The van der Waals surface area contributed by atoms with Crippen molar-refractivity contribution in [3.05, 3.63) is 0 Å². The second-order valence-electron chi connectivity index (χ2n) is 5.59. The Balaban J connectivity index is 2.52. The molecular formula is C13H26N2S. The largest absolute Gasteiger partial charge is 0.393 e. The van der Waals surface area contributed by atoms with Crippen molar-refractivity contribution >= 4 is 17.2 Å². The molecule has 3 heteroatoms. The minimum Gasteiger partial charge on any atom is -0.393 e. The maximum atomic E-state index is 5.72. The highest BCUT2D eigenvalue weighted by Gasteiger charge is 2.24. The highest BCUT2D eigenvalue weighted by molar-refractivity contribution is 7.80.